The van der Waals surface area contributed by atoms with Gasteiger partial charge in [0.2, 0.25) is 5.91 Å². The SMILES string of the molecule is O=C(CCn1ccc(=O)[nH]c1=O)NCc1csc(Cc2ccccc2)n1. The number of aromatic amines is 1. The smallest absolute Gasteiger partial charge is 0.328 e. The van der Waals surface area contributed by atoms with Gasteiger partial charge in [-0.25, -0.2) is 9.78 Å². The molecule has 0 saturated carbocycles. The van der Waals surface area contributed by atoms with Crippen molar-refractivity contribution in [2.45, 2.75) is 25.9 Å². The summed E-state index contributed by atoms with van der Waals surface area (Å²) < 4.78 is 1.29. The first-order chi connectivity index (χ1) is 12.6. The summed E-state index contributed by atoms with van der Waals surface area (Å²) in [5.41, 5.74) is 1.04. The summed E-state index contributed by atoms with van der Waals surface area (Å²) >= 11 is 1.57. The molecule has 1 aromatic carbocycles. The second kappa shape index (κ2) is 8.39. The van der Waals surface area contributed by atoms with E-state index in [0.29, 0.717) is 6.54 Å². The molecule has 2 N–H and O–H groups in total. The summed E-state index contributed by atoms with van der Waals surface area (Å²) in [5.74, 6) is -0.180. The molecule has 0 fully saturated rings. The third-order valence-corrected chi connectivity index (χ3v) is 4.64. The lowest BCUT2D eigenvalue weighted by molar-refractivity contribution is -0.121. The first-order valence-corrected chi connectivity index (χ1v) is 9.02. The zero-order chi connectivity index (χ0) is 18.4. The van der Waals surface area contributed by atoms with Crippen LogP contribution in [-0.2, 0) is 24.3 Å². The van der Waals surface area contributed by atoms with Crippen molar-refractivity contribution in [3.8, 4) is 0 Å². The van der Waals surface area contributed by atoms with Crippen LogP contribution in [0.5, 0.6) is 0 Å². The fraction of sp³-hybridized carbons (Fsp3) is 0.222. The van der Waals surface area contributed by atoms with Crippen LogP contribution in [0.2, 0.25) is 0 Å². The molecular weight excluding hydrogens is 352 g/mol. The number of H-pyrrole nitrogens is 1. The lowest BCUT2D eigenvalue weighted by atomic mass is 10.2. The number of carbonyl (C=O) groups is 1. The molecule has 0 saturated heterocycles. The molecule has 0 atom stereocenters. The van der Waals surface area contributed by atoms with E-state index in [1.807, 2.05) is 23.6 Å². The molecule has 0 aliphatic heterocycles. The van der Waals surface area contributed by atoms with Crippen molar-refractivity contribution in [3.63, 3.8) is 0 Å². The largest absolute Gasteiger partial charge is 0.350 e. The minimum Gasteiger partial charge on any atom is -0.350 e. The van der Waals surface area contributed by atoms with E-state index < -0.39 is 11.2 Å². The van der Waals surface area contributed by atoms with Crippen LogP contribution in [0.1, 0.15) is 22.7 Å². The number of hydrogen-bond donors (Lipinski definition) is 2. The van der Waals surface area contributed by atoms with Crippen LogP contribution < -0.4 is 16.6 Å². The molecule has 134 valence electrons. The monoisotopic (exact) mass is 370 g/mol. The molecule has 0 aliphatic carbocycles. The van der Waals surface area contributed by atoms with Crippen LogP contribution in [0, 0.1) is 0 Å². The molecule has 0 aliphatic rings. The van der Waals surface area contributed by atoms with Gasteiger partial charge in [-0.05, 0) is 5.56 Å². The standard InChI is InChI=1S/C18H18N4O3S/c23-15(6-8-22-9-7-16(24)21-18(22)25)19-11-14-12-26-17(20-14)10-13-4-2-1-3-5-13/h1-5,7,9,12H,6,8,10-11H2,(H,19,23)(H,21,24,25). The maximum atomic E-state index is 11.9. The number of aromatic nitrogens is 3. The predicted octanol–water partition coefficient (Wildman–Crippen LogP) is 1.29. The van der Waals surface area contributed by atoms with Crippen molar-refractivity contribution >= 4 is 17.2 Å². The third-order valence-electron chi connectivity index (χ3n) is 3.74. The van der Waals surface area contributed by atoms with E-state index in [4.69, 9.17) is 0 Å². The Morgan fingerprint density at radius 2 is 2.00 bits per heavy atom. The van der Waals surface area contributed by atoms with Crippen LogP contribution in [0.3, 0.4) is 0 Å². The molecule has 0 spiro atoms. The molecule has 3 aromatic rings. The first-order valence-electron chi connectivity index (χ1n) is 8.14. The van der Waals surface area contributed by atoms with Crippen molar-refractivity contribution in [1.82, 2.24) is 19.9 Å². The maximum absolute atomic E-state index is 11.9. The van der Waals surface area contributed by atoms with Gasteiger partial charge in [0.25, 0.3) is 5.56 Å². The van der Waals surface area contributed by atoms with Gasteiger partial charge in [-0.1, -0.05) is 30.3 Å². The predicted molar refractivity (Wildman–Crippen MR) is 99.1 cm³/mol. The number of hydrogen-bond acceptors (Lipinski definition) is 5. The quantitative estimate of drug-likeness (QED) is 0.655. The second-order valence-corrected chi connectivity index (χ2v) is 6.67. The van der Waals surface area contributed by atoms with Crippen LogP contribution in [0.25, 0.3) is 0 Å². The Kier molecular flexibility index (Phi) is 5.75. The second-order valence-electron chi connectivity index (χ2n) is 5.73. The summed E-state index contributed by atoms with van der Waals surface area (Å²) in [5, 5.41) is 5.73. The van der Waals surface area contributed by atoms with Gasteiger partial charge >= 0.3 is 5.69 Å². The highest BCUT2D eigenvalue weighted by Gasteiger charge is 2.07. The van der Waals surface area contributed by atoms with Crippen LogP contribution in [0.15, 0.2) is 57.6 Å². The Bertz CT molecular complexity index is 991. The molecule has 3 rings (SSSR count). The number of amides is 1. The number of aryl methyl sites for hydroxylation is 1. The number of benzene rings is 1. The highest BCUT2D eigenvalue weighted by atomic mass is 32.1. The molecule has 1 amide bonds. The Morgan fingerprint density at radius 3 is 2.77 bits per heavy atom. The van der Waals surface area contributed by atoms with Crippen LogP contribution in [0.4, 0.5) is 0 Å². The Labute approximate surface area is 153 Å². The average Bonchev–Trinajstić information content (AvgIpc) is 3.07. The van der Waals surface area contributed by atoms with Crippen molar-refractivity contribution in [3.05, 3.63) is 85.1 Å². The van der Waals surface area contributed by atoms with Gasteiger partial charge in [-0.3, -0.25) is 14.6 Å². The van der Waals surface area contributed by atoms with Crippen LogP contribution >= 0.6 is 11.3 Å². The summed E-state index contributed by atoms with van der Waals surface area (Å²) in [6, 6.07) is 11.3. The third kappa shape index (κ3) is 5.00. The van der Waals surface area contributed by atoms with E-state index in [1.165, 1.54) is 22.4 Å². The van der Waals surface area contributed by atoms with E-state index in [0.717, 1.165) is 17.1 Å². The zero-order valence-electron chi connectivity index (χ0n) is 14.0. The van der Waals surface area contributed by atoms with Gasteiger partial charge in [-0.15, -0.1) is 11.3 Å². The fourth-order valence-corrected chi connectivity index (χ4v) is 3.23. The van der Waals surface area contributed by atoms with Gasteiger partial charge < -0.3 is 9.88 Å². The minimum atomic E-state index is -0.518. The highest BCUT2D eigenvalue weighted by Crippen LogP contribution is 2.14. The molecular formula is C18H18N4O3S. The van der Waals surface area contributed by atoms with E-state index in [9.17, 15) is 14.4 Å². The average molecular weight is 370 g/mol. The lowest BCUT2D eigenvalue weighted by Crippen LogP contribution is -2.31. The van der Waals surface area contributed by atoms with E-state index in [2.05, 4.69) is 27.4 Å². The molecule has 7 nitrogen and oxygen atoms in total. The topological polar surface area (TPSA) is 96.9 Å². The number of rotatable bonds is 7. The van der Waals surface area contributed by atoms with Gasteiger partial charge in [0, 0.05) is 37.0 Å². The Hall–Kier alpha value is -3.00. The Balaban J connectivity index is 1.47. The number of nitrogens with one attached hydrogen (secondary N) is 2. The minimum absolute atomic E-state index is 0.146. The fourth-order valence-electron chi connectivity index (χ4n) is 2.40. The lowest BCUT2D eigenvalue weighted by Gasteiger charge is -2.05. The number of thiazole rings is 1. The molecule has 0 unspecified atom stereocenters. The molecule has 8 heteroatoms. The van der Waals surface area contributed by atoms with Crippen molar-refractivity contribution in [2.24, 2.45) is 0 Å². The van der Waals surface area contributed by atoms with Gasteiger partial charge in [0.1, 0.15) is 0 Å². The molecule has 0 radical (unpaired) electrons. The van der Waals surface area contributed by atoms with Crippen molar-refractivity contribution < 1.29 is 4.79 Å². The van der Waals surface area contributed by atoms with Gasteiger partial charge in [0.15, 0.2) is 0 Å². The molecule has 26 heavy (non-hydrogen) atoms. The zero-order valence-corrected chi connectivity index (χ0v) is 14.8. The molecule has 2 aromatic heterocycles. The number of nitrogens with zero attached hydrogens (tertiary/aromatic N) is 2. The Morgan fingerprint density at radius 1 is 1.19 bits per heavy atom. The summed E-state index contributed by atoms with van der Waals surface area (Å²) in [7, 11) is 0. The van der Waals surface area contributed by atoms with Gasteiger partial charge in [-0.2, -0.15) is 0 Å². The van der Waals surface area contributed by atoms with Gasteiger partial charge in [0.05, 0.1) is 17.2 Å². The summed E-state index contributed by atoms with van der Waals surface area (Å²) in [6.45, 7) is 0.558. The summed E-state index contributed by atoms with van der Waals surface area (Å²) in [4.78, 5) is 41.2. The first kappa shape index (κ1) is 17.8. The van der Waals surface area contributed by atoms with Crippen molar-refractivity contribution in [1.29, 1.82) is 0 Å². The molecule has 0 bridgehead atoms. The van der Waals surface area contributed by atoms with E-state index in [-0.39, 0.29) is 18.9 Å². The normalized spacial score (nSPS) is 10.6. The van der Waals surface area contributed by atoms with Crippen LogP contribution in [-0.4, -0.2) is 20.4 Å². The van der Waals surface area contributed by atoms with E-state index >= 15 is 0 Å². The van der Waals surface area contributed by atoms with E-state index in [1.54, 1.807) is 11.3 Å². The highest BCUT2D eigenvalue weighted by molar-refractivity contribution is 7.09. The van der Waals surface area contributed by atoms with Crippen molar-refractivity contribution in [2.75, 3.05) is 0 Å². The molecule has 2 heterocycles. The number of carbonyl (C=O) groups excluding carboxylic acids is 1. The summed E-state index contributed by atoms with van der Waals surface area (Å²) in [6.07, 6.45) is 2.30. The maximum Gasteiger partial charge on any atom is 0.328 e.